The number of anilines is 1. The van der Waals surface area contributed by atoms with Crippen molar-refractivity contribution in [2.24, 2.45) is 5.10 Å². The number of nitro benzene ring substituents is 1. The van der Waals surface area contributed by atoms with Crippen LogP contribution in [0.2, 0.25) is 0 Å². The average Bonchev–Trinajstić information content (AvgIpc) is 2.98. The van der Waals surface area contributed by atoms with Gasteiger partial charge in [-0.25, -0.2) is 10.2 Å². The first kappa shape index (κ1) is 27.2. The standard InChI is InChI=1S/C29H22N4O7/c1-39-25-9-5-8-21(17-25)29(36)40-26-15-14-24(33(37)38)16-22(26)18-30-32-28(35)20-10-12-23(13-11-20)31-27(34)19-6-3-2-4-7-19/h2-18H,1H3,(H,31,34)(H,32,35)/b30-18+. The van der Waals surface area contributed by atoms with Crippen molar-refractivity contribution in [3.63, 3.8) is 0 Å². The molecule has 0 aliphatic heterocycles. The van der Waals surface area contributed by atoms with Crippen molar-refractivity contribution < 1.29 is 28.8 Å². The molecule has 0 heterocycles. The van der Waals surface area contributed by atoms with Gasteiger partial charge in [0, 0.05) is 34.5 Å². The first-order chi connectivity index (χ1) is 19.3. The van der Waals surface area contributed by atoms with Crippen LogP contribution in [0, 0.1) is 10.1 Å². The van der Waals surface area contributed by atoms with Crippen LogP contribution in [0.15, 0.2) is 102 Å². The second kappa shape index (κ2) is 12.6. The highest BCUT2D eigenvalue weighted by Gasteiger charge is 2.16. The Morgan fingerprint density at radius 3 is 2.23 bits per heavy atom. The summed E-state index contributed by atoms with van der Waals surface area (Å²) in [5.74, 6) is -1.13. The molecule has 11 nitrogen and oxygen atoms in total. The Labute approximate surface area is 228 Å². The molecule has 0 saturated carbocycles. The summed E-state index contributed by atoms with van der Waals surface area (Å²) >= 11 is 0. The van der Waals surface area contributed by atoms with E-state index in [9.17, 15) is 24.5 Å². The van der Waals surface area contributed by atoms with Crippen LogP contribution >= 0.6 is 0 Å². The Bertz CT molecular complexity index is 1590. The molecule has 0 aliphatic carbocycles. The van der Waals surface area contributed by atoms with Crippen LogP contribution in [0.3, 0.4) is 0 Å². The number of methoxy groups -OCH3 is 1. The lowest BCUT2D eigenvalue weighted by Crippen LogP contribution is -2.18. The van der Waals surface area contributed by atoms with Crippen LogP contribution in [0.1, 0.15) is 36.6 Å². The summed E-state index contributed by atoms with van der Waals surface area (Å²) in [5.41, 5.74) is 3.59. The Hall–Kier alpha value is -5.84. The fourth-order valence-corrected chi connectivity index (χ4v) is 3.47. The highest BCUT2D eigenvalue weighted by Crippen LogP contribution is 2.24. The predicted molar refractivity (Wildman–Crippen MR) is 147 cm³/mol. The minimum Gasteiger partial charge on any atom is -0.497 e. The number of nitro groups is 1. The van der Waals surface area contributed by atoms with E-state index in [2.05, 4.69) is 15.8 Å². The molecule has 4 aromatic rings. The second-order valence-corrected chi connectivity index (χ2v) is 8.20. The van der Waals surface area contributed by atoms with Crippen molar-refractivity contribution in [3.05, 3.63) is 129 Å². The van der Waals surface area contributed by atoms with Crippen LogP contribution in [0.5, 0.6) is 11.5 Å². The molecule has 0 fully saturated rings. The summed E-state index contributed by atoms with van der Waals surface area (Å²) in [4.78, 5) is 48.1. The molecule has 0 unspecified atom stereocenters. The number of rotatable bonds is 9. The van der Waals surface area contributed by atoms with E-state index in [0.717, 1.165) is 12.3 Å². The second-order valence-electron chi connectivity index (χ2n) is 8.20. The summed E-state index contributed by atoms with van der Waals surface area (Å²) in [6.07, 6.45) is 1.13. The highest BCUT2D eigenvalue weighted by atomic mass is 16.6. The van der Waals surface area contributed by atoms with Gasteiger partial charge in [0.15, 0.2) is 0 Å². The molecule has 0 aromatic heterocycles. The maximum Gasteiger partial charge on any atom is 0.343 e. The van der Waals surface area contributed by atoms with E-state index >= 15 is 0 Å². The quantitative estimate of drug-likeness (QED) is 0.102. The van der Waals surface area contributed by atoms with Gasteiger partial charge in [-0.1, -0.05) is 24.3 Å². The van der Waals surface area contributed by atoms with Crippen LogP contribution in [-0.2, 0) is 0 Å². The molecule has 2 amide bonds. The molecule has 40 heavy (non-hydrogen) atoms. The van der Waals surface area contributed by atoms with Gasteiger partial charge in [0.1, 0.15) is 11.5 Å². The Balaban J connectivity index is 1.44. The lowest BCUT2D eigenvalue weighted by molar-refractivity contribution is -0.384. The molecule has 4 rings (SSSR count). The van der Waals surface area contributed by atoms with Crippen molar-refractivity contribution in [2.45, 2.75) is 0 Å². The molecule has 2 N–H and O–H groups in total. The van der Waals surface area contributed by atoms with Crippen molar-refractivity contribution in [2.75, 3.05) is 12.4 Å². The minimum atomic E-state index is -0.717. The number of non-ortho nitro benzene ring substituents is 1. The van der Waals surface area contributed by atoms with Crippen molar-refractivity contribution in [1.29, 1.82) is 0 Å². The van der Waals surface area contributed by atoms with Gasteiger partial charge in [-0.05, 0) is 60.7 Å². The minimum absolute atomic E-state index is 0.00469. The number of benzene rings is 4. The largest absolute Gasteiger partial charge is 0.497 e. The SMILES string of the molecule is COc1cccc(C(=O)Oc2ccc([N+](=O)[O-])cc2/C=N/NC(=O)c2ccc(NC(=O)c3ccccc3)cc2)c1. The molecule has 0 bridgehead atoms. The third kappa shape index (κ3) is 6.92. The van der Waals surface area contributed by atoms with Gasteiger partial charge in [0.05, 0.1) is 23.8 Å². The number of carbonyl (C=O) groups is 3. The van der Waals surface area contributed by atoms with Crippen molar-refractivity contribution >= 4 is 35.4 Å². The first-order valence-electron chi connectivity index (χ1n) is 11.8. The van der Waals surface area contributed by atoms with E-state index in [4.69, 9.17) is 9.47 Å². The van der Waals surface area contributed by atoms with E-state index in [1.807, 2.05) is 0 Å². The van der Waals surface area contributed by atoms with E-state index < -0.39 is 16.8 Å². The zero-order valence-corrected chi connectivity index (χ0v) is 21.1. The van der Waals surface area contributed by atoms with Gasteiger partial charge in [-0.15, -0.1) is 0 Å². The number of nitrogens with zero attached hydrogens (tertiary/aromatic N) is 2. The zero-order chi connectivity index (χ0) is 28.5. The van der Waals surface area contributed by atoms with E-state index in [-0.39, 0.29) is 34.0 Å². The lowest BCUT2D eigenvalue weighted by Gasteiger charge is -2.08. The number of esters is 1. The van der Waals surface area contributed by atoms with Gasteiger partial charge in [-0.3, -0.25) is 19.7 Å². The molecule has 0 saturated heterocycles. The molecule has 0 atom stereocenters. The first-order valence-corrected chi connectivity index (χ1v) is 11.8. The van der Waals surface area contributed by atoms with Crippen LogP contribution in [-0.4, -0.2) is 36.0 Å². The van der Waals surface area contributed by atoms with Crippen LogP contribution in [0.25, 0.3) is 0 Å². The smallest absolute Gasteiger partial charge is 0.343 e. The van der Waals surface area contributed by atoms with E-state index in [1.165, 1.54) is 43.5 Å². The Morgan fingerprint density at radius 2 is 1.52 bits per heavy atom. The van der Waals surface area contributed by atoms with Gasteiger partial charge >= 0.3 is 5.97 Å². The van der Waals surface area contributed by atoms with Gasteiger partial charge in [0.2, 0.25) is 0 Å². The molecular weight excluding hydrogens is 516 g/mol. The number of amides is 2. The van der Waals surface area contributed by atoms with Crippen LogP contribution in [0.4, 0.5) is 11.4 Å². The summed E-state index contributed by atoms with van der Waals surface area (Å²) in [6.45, 7) is 0. The van der Waals surface area contributed by atoms with E-state index in [0.29, 0.717) is 17.0 Å². The van der Waals surface area contributed by atoms with Gasteiger partial charge < -0.3 is 14.8 Å². The van der Waals surface area contributed by atoms with Gasteiger partial charge in [-0.2, -0.15) is 5.10 Å². The lowest BCUT2D eigenvalue weighted by atomic mass is 10.1. The third-order valence-electron chi connectivity index (χ3n) is 5.52. The third-order valence-corrected chi connectivity index (χ3v) is 5.52. The number of carbonyl (C=O) groups excluding carboxylic acids is 3. The number of hydrazone groups is 1. The van der Waals surface area contributed by atoms with Crippen LogP contribution < -0.4 is 20.2 Å². The van der Waals surface area contributed by atoms with E-state index in [1.54, 1.807) is 54.6 Å². The topological polar surface area (TPSA) is 149 Å². The molecule has 0 spiro atoms. The maximum absolute atomic E-state index is 12.6. The summed E-state index contributed by atoms with van der Waals surface area (Å²) in [7, 11) is 1.46. The monoisotopic (exact) mass is 538 g/mol. The summed E-state index contributed by atoms with van der Waals surface area (Å²) in [5, 5.41) is 17.9. The summed E-state index contributed by atoms with van der Waals surface area (Å²) < 4.78 is 10.5. The Morgan fingerprint density at radius 1 is 0.825 bits per heavy atom. The van der Waals surface area contributed by atoms with Crippen molar-refractivity contribution in [1.82, 2.24) is 5.43 Å². The normalized spacial score (nSPS) is 10.5. The molecule has 200 valence electrons. The molecule has 11 heteroatoms. The average molecular weight is 539 g/mol. The van der Waals surface area contributed by atoms with Gasteiger partial charge in [0.25, 0.3) is 17.5 Å². The number of hydrogen-bond donors (Lipinski definition) is 2. The molecule has 0 radical (unpaired) electrons. The molecular formula is C29H22N4O7. The summed E-state index contributed by atoms with van der Waals surface area (Å²) in [6, 6.07) is 24.7. The Kier molecular flexibility index (Phi) is 8.57. The fourth-order valence-electron chi connectivity index (χ4n) is 3.47. The highest BCUT2D eigenvalue weighted by molar-refractivity contribution is 6.04. The molecule has 0 aliphatic rings. The number of ether oxygens (including phenoxy) is 2. The number of hydrogen-bond acceptors (Lipinski definition) is 8. The fraction of sp³-hybridized carbons (Fsp3) is 0.0345. The zero-order valence-electron chi connectivity index (χ0n) is 21.1. The number of nitrogens with one attached hydrogen (secondary N) is 2. The maximum atomic E-state index is 12.6. The predicted octanol–water partition coefficient (Wildman–Crippen LogP) is 4.84. The van der Waals surface area contributed by atoms with Crippen molar-refractivity contribution in [3.8, 4) is 11.5 Å². The molecule has 4 aromatic carbocycles.